The number of hydrogen-bond donors (Lipinski definition) is 2. The zero-order chi connectivity index (χ0) is 18.8. The Bertz CT molecular complexity index is 971. The molecule has 0 saturated carbocycles. The smallest absolute Gasteiger partial charge is 0.242 e. The van der Waals surface area contributed by atoms with Crippen molar-refractivity contribution in [3.05, 3.63) is 41.7 Å². The van der Waals surface area contributed by atoms with Crippen LogP contribution in [0, 0.1) is 5.82 Å². The third kappa shape index (κ3) is 3.63. The third-order valence-electron chi connectivity index (χ3n) is 4.49. The number of benzene rings is 1. The maximum atomic E-state index is 13.9. The van der Waals surface area contributed by atoms with Crippen LogP contribution in [0.4, 0.5) is 15.9 Å². The Morgan fingerprint density at radius 2 is 2.00 bits per heavy atom. The van der Waals surface area contributed by atoms with Crippen LogP contribution in [-0.4, -0.2) is 63.5 Å². The molecule has 8 nitrogen and oxygen atoms in total. The molecule has 2 aromatic heterocycles. The summed E-state index contributed by atoms with van der Waals surface area (Å²) in [5.41, 5.74) is 1.60. The molecule has 2 N–H and O–H groups in total. The Hall–Kier alpha value is -2.94. The first-order valence-corrected chi connectivity index (χ1v) is 8.87. The molecule has 0 radical (unpaired) electrons. The van der Waals surface area contributed by atoms with Gasteiger partial charge in [0.25, 0.3) is 0 Å². The van der Waals surface area contributed by atoms with Crippen molar-refractivity contribution < 1.29 is 9.18 Å². The minimum atomic E-state index is -0.247. The van der Waals surface area contributed by atoms with E-state index in [0.717, 1.165) is 0 Å². The molecule has 1 aliphatic heterocycles. The normalized spacial score (nSPS) is 14.6. The second-order valence-corrected chi connectivity index (χ2v) is 6.45. The van der Waals surface area contributed by atoms with Gasteiger partial charge in [-0.2, -0.15) is 9.97 Å². The summed E-state index contributed by atoms with van der Waals surface area (Å²) in [5, 5.41) is 3.05. The largest absolute Gasteiger partial charge is 0.366 e. The number of aromatic nitrogens is 4. The number of amides is 1. The van der Waals surface area contributed by atoms with Gasteiger partial charge in [0.1, 0.15) is 11.3 Å². The molecule has 1 aliphatic rings. The molecule has 0 aliphatic carbocycles. The van der Waals surface area contributed by atoms with E-state index in [9.17, 15) is 9.18 Å². The van der Waals surface area contributed by atoms with Crippen molar-refractivity contribution in [2.75, 3.05) is 42.9 Å². The minimum Gasteiger partial charge on any atom is -0.366 e. The molecule has 1 aromatic carbocycles. The van der Waals surface area contributed by atoms with Gasteiger partial charge in [0.05, 0.1) is 18.6 Å². The molecule has 1 fully saturated rings. The number of anilines is 2. The van der Waals surface area contributed by atoms with Gasteiger partial charge in [-0.15, -0.1) is 0 Å². The number of para-hydroxylation sites is 1. The molecule has 10 heteroatoms. The lowest BCUT2D eigenvalue weighted by Gasteiger charge is -2.36. The average molecular weight is 390 g/mol. The van der Waals surface area contributed by atoms with Crippen molar-refractivity contribution in [3.63, 3.8) is 0 Å². The Morgan fingerprint density at radius 3 is 2.78 bits per heavy atom. The fraction of sp³-hybridized carbons (Fsp3) is 0.294. The summed E-state index contributed by atoms with van der Waals surface area (Å²) in [6.45, 7) is 2.28. The zero-order valence-electron chi connectivity index (χ0n) is 14.3. The van der Waals surface area contributed by atoms with Crippen molar-refractivity contribution in [2.24, 2.45) is 0 Å². The number of rotatable bonds is 4. The van der Waals surface area contributed by atoms with E-state index in [2.05, 4.69) is 25.3 Å². The van der Waals surface area contributed by atoms with Gasteiger partial charge >= 0.3 is 0 Å². The highest BCUT2D eigenvalue weighted by atomic mass is 35.5. The first-order chi connectivity index (χ1) is 13.1. The summed E-state index contributed by atoms with van der Waals surface area (Å²) in [4.78, 5) is 31.3. The molecule has 27 heavy (non-hydrogen) atoms. The molecule has 1 amide bonds. The molecule has 3 aromatic rings. The second kappa shape index (κ2) is 7.36. The van der Waals surface area contributed by atoms with Gasteiger partial charge in [-0.05, 0) is 23.7 Å². The predicted molar refractivity (Wildman–Crippen MR) is 100 cm³/mol. The molecular formula is C17H17ClFN7O. The van der Waals surface area contributed by atoms with E-state index in [1.807, 2.05) is 11.0 Å². The van der Waals surface area contributed by atoms with E-state index in [1.54, 1.807) is 17.0 Å². The number of hydrogen-bond acceptors (Lipinski definition) is 6. The fourth-order valence-corrected chi connectivity index (χ4v) is 3.28. The van der Waals surface area contributed by atoms with Gasteiger partial charge in [-0.3, -0.25) is 4.79 Å². The van der Waals surface area contributed by atoms with Crippen LogP contribution in [0.3, 0.4) is 0 Å². The van der Waals surface area contributed by atoms with Crippen molar-refractivity contribution in [2.45, 2.75) is 0 Å². The lowest BCUT2D eigenvalue weighted by Crippen LogP contribution is -2.50. The Balaban J connectivity index is 1.36. The lowest BCUT2D eigenvalue weighted by atomic mass is 10.2. The second-order valence-electron chi connectivity index (χ2n) is 6.12. The Kier molecular flexibility index (Phi) is 4.76. The molecule has 3 heterocycles. The first-order valence-electron chi connectivity index (χ1n) is 8.49. The summed E-state index contributed by atoms with van der Waals surface area (Å²) in [5.74, 6) is 0.120. The molecule has 140 valence electrons. The number of imidazole rings is 1. The molecule has 0 unspecified atom stereocenters. The van der Waals surface area contributed by atoms with E-state index in [0.29, 0.717) is 48.8 Å². The van der Waals surface area contributed by atoms with Crippen LogP contribution >= 0.6 is 11.6 Å². The SMILES string of the molecule is O=C(CNc1nc(Cl)nc2nc[nH]c12)N1CCN(c2ccccc2F)CC1. The number of H-pyrrole nitrogens is 1. The van der Waals surface area contributed by atoms with Crippen LogP contribution in [0.25, 0.3) is 11.2 Å². The summed E-state index contributed by atoms with van der Waals surface area (Å²) in [6.07, 6.45) is 1.49. The average Bonchev–Trinajstić information content (AvgIpc) is 3.15. The number of aromatic amines is 1. The van der Waals surface area contributed by atoms with E-state index in [4.69, 9.17) is 11.6 Å². The standard InChI is InChI=1S/C17H17ClFN7O/c18-17-23-15(14-16(24-17)22-10-21-14)20-9-13(27)26-7-5-25(6-8-26)12-4-2-1-3-11(12)19/h1-4,10H,5-9H2,(H2,20,21,22,23,24). The zero-order valence-corrected chi connectivity index (χ0v) is 15.1. The van der Waals surface area contributed by atoms with Crippen LogP contribution in [0.15, 0.2) is 30.6 Å². The topological polar surface area (TPSA) is 90.0 Å². The highest BCUT2D eigenvalue weighted by Gasteiger charge is 2.22. The van der Waals surface area contributed by atoms with Crippen LogP contribution in [-0.2, 0) is 4.79 Å². The van der Waals surface area contributed by atoms with Crippen LogP contribution in [0.1, 0.15) is 0 Å². The van der Waals surface area contributed by atoms with Crippen molar-refractivity contribution in [3.8, 4) is 0 Å². The van der Waals surface area contributed by atoms with Crippen LogP contribution < -0.4 is 10.2 Å². The molecule has 0 atom stereocenters. The number of halogens is 2. The summed E-state index contributed by atoms with van der Waals surface area (Å²) >= 11 is 5.88. The fourth-order valence-electron chi connectivity index (χ4n) is 3.11. The first kappa shape index (κ1) is 17.5. The number of carbonyl (C=O) groups is 1. The number of carbonyl (C=O) groups excluding carboxylic acids is 1. The summed E-state index contributed by atoms with van der Waals surface area (Å²) < 4.78 is 13.9. The van der Waals surface area contributed by atoms with E-state index in [1.165, 1.54) is 12.4 Å². The molecule has 0 spiro atoms. The van der Waals surface area contributed by atoms with E-state index < -0.39 is 0 Å². The lowest BCUT2D eigenvalue weighted by molar-refractivity contribution is -0.129. The number of nitrogens with one attached hydrogen (secondary N) is 2. The predicted octanol–water partition coefficient (Wildman–Crippen LogP) is 1.91. The van der Waals surface area contributed by atoms with Gasteiger partial charge < -0.3 is 20.1 Å². The van der Waals surface area contributed by atoms with E-state index in [-0.39, 0.29) is 23.6 Å². The van der Waals surface area contributed by atoms with Crippen LogP contribution in [0.5, 0.6) is 0 Å². The van der Waals surface area contributed by atoms with Crippen molar-refractivity contribution >= 4 is 40.2 Å². The number of piperazine rings is 1. The Labute approximate surface area is 159 Å². The van der Waals surface area contributed by atoms with E-state index >= 15 is 0 Å². The van der Waals surface area contributed by atoms with Gasteiger partial charge in [-0.1, -0.05) is 12.1 Å². The van der Waals surface area contributed by atoms with Gasteiger partial charge in [0.15, 0.2) is 11.5 Å². The quantitative estimate of drug-likeness (QED) is 0.662. The van der Waals surface area contributed by atoms with Crippen molar-refractivity contribution in [1.82, 2.24) is 24.8 Å². The molecule has 1 saturated heterocycles. The van der Waals surface area contributed by atoms with Gasteiger partial charge in [-0.25, -0.2) is 9.37 Å². The van der Waals surface area contributed by atoms with Crippen LogP contribution in [0.2, 0.25) is 5.28 Å². The monoisotopic (exact) mass is 389 g/mol. The highest BCUT2D eigenvalue weighted by Crippen LogP contribution is 2.21. The number of fused-ring (bicyclic) bond motifs is 1. The summed E-state index contributed by atoms with van der Waals surface area (Å²) in [6, 6.07) is 6.67. The maximum Gasteiger partial charge on any atom is 0.242 e. The molecule has 0 bridgehead atoms. The Morgan fingerprint density at radius 1 is 1.22 bits per heavy atom. The van der Waals surface area contributed by atoms with Gasteiger partial charge in [0, 0.05) is 26.2 Å². The minimum absolute atomic E-state index is 0.0584. The highest BCUT2D eigenvalue weighted by molar-refractivity contribution is 6.28. The summed E-state index contributed by atoms with van der Waals surface area (Å²) in [7, 11) is 0. The maximum absolute atomic E-state index is 13.9. The van der Waals surface area contributed by atoms with Gasteiger partial charge in [0.2, 0.25) is 11.2 Å². The van der Waals surface area contributed by atoms with Crippen molar-refractivity contribution in [1.29, 1.82) is 0 Å². The number of nitrogens with zero attached hydrogens (tertiary/aromatic N) is 5. The molecule has 4 rings (SSSR count). The third-order valence-corrected chi connectivity index (χ3v) is 4.66. The molecular weight excluding hydrogens is 373 g/mol.